The van der Waals surface area contributed by atoms with Gasteiger partial charge in [0, 0.05) is 17.8 Å². The molecule has 0 radical (unpaired) electrons. The van der Waals surface area contributed by atoms with Crippen molar-refractivity contribution in [1.29, 1.82) is 0 Å². The largest absolute Gasteiger partial charge is 0.379 e. The summed E-state index contributed by atoms with van der Waals surface area (Å²) in [6, 6.07) is 6.97. The summed E-state index contributed by atoms with van der Waals surface area (Å²) >= 11 is 0. The topological polar surface area (TPSA) is 125 Å². The first-order valence-electron chi connectivity index (χ1n) is 16.6. The van der Waals surface area contributed by atoms with Crippen LogP contribution in [0.4, 0.5) is 0 Å². The molecule has 9 nitrogen and oxygen atoms in total. The fraction of sp³-hybridized carbons (Fsp3) is 0.647. The maximum Gasteiger partial charge on any atom is 0.339 e. The van der Waals surface area contributed by atoms with Gasteiger partial charge in [0.2, 0.25) is 0 Å². The Morgan fingerprint density at radius 1 is 0.733 bits per heavy atom. The van der Waals surface area contributed by atoms with Crippen LogP contribution >= 0.6 is 0 Å². The van der Waals surface area contributed by atoms with Crippen LogP contribution in [0.1, 0.15) is 123 Å². The fourth-order valence-corrected chi connectivity index (χ4v) is 11.7. The highest BCUT2D eigenvalue weighted by atomic mass is 32.2. The lowest BCUT2D eigenvalue weighted by Crippen LogP contribution is -2.26. The van der Waals surface area contributed by atoms with Crippen LogP contribution in [0.15, 0.2) is 34.1 Å². The standard InChI is InChI=1S/C34H42O9S2/c1-17(2)23-16-32(18(3)10-33(23)44(35,36)37)43-45(38,39)34-27(25-14-21-5-8-30(25)41-21)11-19(24-13-20-4-7-29(24)40-20)12-28(34)26-15-22-6-9-31(26)42-22/h10-12,16-17,20-22,24-26,29-31H,4-9,13-15H2,1-3H3,(H,35,36,37). The monoisotopic (exact) mass is 658 g/mol. The second kappa shape index (κ2) is 10.8. The minimum Gasteiger partial charge on any atom is -0.379 e. The molecule has 11 heteroatoms. The van der Waals surface area contributed by atoms with Crippen LogP contribution in [0.3, 0.4) is 0 Å². The highest BCUT2D eigenvalue weighted by Crippen LogP contribution is 2.53. The zero-order valence-electron chi connectivity index (χ0n) is 26.0. The van der Waals surface area contributed by atoms with Gasteiger partial charge in [-0.15, -0.1) is 0 Å². The molecular weight excluding hydrogens is 616 g/mol. The lowest BCUT2D eigenvalue weighted by Gasteiger charge is -2.30. The molecule has 0 amide bonds. The van der Waals surface area contributed by atoms with E-state index in [9.17, 15) is 21.4 Å². The number of benzene rings is 2. The van der Waals surface area contributed by atoms with Crippen molar-refractivity contribution < 1.29 is 39.8 Å². The van der Waals surface area contributed by atoms with Crippen LogP contribution in [-0.2, 0) is 34.4 Å². The Morgan fingerprint density at radius 2 is 1.22 bits per heavy atom. The quantitative estimate of drug-likeness (QED) is 0.259. The molecule has 6 fully saturated rings. The van der Waals surface area contributed by atoms with E-state index in [1.54, 1.807) is 20.8 Å². The molecule has 2 aromatic rings. The van der Waals surface area contributed by atoms with E-state index in [0.29, 0.717) is 11.1 Å². The van der Waals surface area contributed by atoms with Gasteiger partial charge in [-0.05, 0) is 111 Å². The van der Waals surface area contributed by atoms with Crippen molar-refractivity contribution in [3.63, 3.8) is 0 Å². The zero-order chi connectivity index (χ0) is 31.4. The molecule has 8 rings (SSSR count). The van der Waals surface area contributed by atoms with Gasteiger partial charge in [0.15, 0.2) is 0 Å². The molecule has 6 aliphatic rings. The second-order valence-corrected chi connectivity index (χ2v) is 17.4. The highest BCUT2D eigenvalue weighted by molar-refractivity contribution is 7.87. The van der Waals surface area contributed by atoms with E-state index in [2.05, 4.69) is 12.1 Å². The molecule has 1 N–H and O–H groups in total. The number of rotatable bonds is 8. The summed E-state index contributed by atoms with van der Waals surface area (Å²) in [5.41, 5.74) is 3.30. The van der Waals surface area contributed by atoms with Crippen molar-refractivity contribution >= 4 is 20.2 Å². The van der Waals surface area contributed by atoms with Crippen molar-refractivity contribution in [3.8, 4) is 5.75 Å². The van der Waals surface area contributed by atoms with Gasteiger partial charge in [0.25, 0.3) is 10.1 Å². The van der Waals surface area contributed by atoms with Crippen LogP contribution in [0.25, 0.3) is 0 Å². The van der Waals surface area contributed by atoms with Crippen molar-refractivity contribution in [3.05, 3.63) is 52.1 Å². The van der Waals surface area contributed by atoms with Crippen molar-refractivity contribution in [2.75, 3.05) is 0 Å². The molecule has 2 aromatic carbocycles. The minimum absolute atomic E-state index is 0.0390. The van der Waals surface area contributed by atoms with E-state index >= 15 is 0 Å². The number of fused-ring (bicyclic) bond motifs is 6. The first-order valence-corrected chi connectivity index (χ1v) is 19.4. The van der Waals surface area contributed by atoms with Crippen molar-refractivity contribution in [2.24, 2.45) is 0 Å². The van der Waals surface area contributed by atoms with Crippen LogP contribution in [0, 0.1) is 6.92 Å². The van der Waals surface area contributed by atoms with Gasteiger partial charge in [0.05, 0.1) is 41.5 Å². The SMILES string of the molecule is Cc1cc(S(=O)(=O)O)c(C(C)C)cc1OS(=O)(=O)c1c(C2CC3CCC2O3)cc(C2CC3CCC2O3)cc1C1CC2CCC1O2. The molecule has 0 spiro atoms. The van der Waals surface area contributed by atoms with Crippen molar-refractivity contribution in [1.82, 2.24) is 0 Å². The van der Waals surface area contributed by atoms with E-state index in [4.69, 9.17) is 18.4 Å². The summed E-state index contributed by atoms with van der Waals surface area (Å²) in [6.07, 6.45) is 8.97. The molecule has 9 unspecified atom stereocenters. The molecule has 9 atom stereocenters. The summed E-state index contributed by atoms with van der Waals surface area (Å²) in [5, 5.41) is 0. The third kappa shape index (κ3) is 5.17. The van der Waals surface area contributed by atoms with Gasteiger partial charge in [0.1, 0.15) is 10.6 Å². The third-order valence-corrected chi connectivity index (χ3v) is 13.7. The lowest BCUT2D eigenvalue weighted by molar-refractivity contribution is 0.0996. The van der Waals surface area contributed by atoms with E-state index in [0.717, 1.165) is 74.5 Å². The Kier molecular flexibility index (Phi) is 7.24. The maximum atomic E-state index is 14.7. The first-order chi connectivity index (χ1) is 21.4. The average molecular weight is 659 g/mol. The fourth-order valence-electron chi connectivity index (χ4n) is 9.27. The minimum atomic E-state index is -4.52. The maximum absolute atomic E-state index is 14.7. The van der Waals surface area contributed by atoms with Gasteiger partial charge >= 0.3 is 10.1 Å². The number of aryl methyl sites for hydroxylation is 1. The molecule has 6 bridgehead atoms. The van der Waals surface area contributed by atoms with Crippen LogP contribution in [-0.4, -0.2) is 58.0 Å². The van der Waals surface area contributed by atoms with Crippen molar-refractivity contribution in [2.45, 2.75) is 149 Å². The second-order valence-electron chi connectivity index (χ2n) is 14.5. The van der Waals surface area contributed by atoms with Gasteiger partial charge in [-0.25, -0.2) is 0 Å². The molecule has 6 heterocycles. The van der Waals surface area contributed by atoms with E-state index in [-0.39, 0.29) is 75.8 Å². The lowest BCUT2D eigenvalue weighted by atomic mass is 9.76. The van der Waals surface area contributed by atoms with Crippen LogP contribution in [0.2, 0.25) is 0 Å². The average Bonchev–Trinajstić information content (AvgIpc) is 3.85. The van der Waals surface area contributed by atoms with E-state index < -0.39 is 20.2 Å². The number of hydrogen-bond donors (Lipinski definition) is 1. The summed E-state index contributed by atoms with van der Waals surface area (Å²) in [7, 11) is -8.92. The number of hydrogen-bond acceptors (Lipinski definition) is 8. The zero-order valence-corrected chi connectivity index (χ0v) is 27.6. The van der Waals surface area contributed by atoms with E-state index in [1.807, 2.05) is 0 Å². The normalized spacial score (nSPS) is 35.3. The molecular formula is C34H42O9S2. The summed E-state index contributed by atoms with van der Waals surface area (Å²) in [6.45, 7) is 5.17. The van der Waals surface area contributed by atoms with Gasteiger partial charge in [-0.1, -0.05) is 26.0 Å². The Morgan fingerprint density at radius 3 is 1.62 bits per heavy atom. The molecule has 6 saturated heterocycles. The van der Waals surface area contributed by atoms with Crippen LogP contribution < -0.4 is 4.18 Å². The molecule has 0 aromatic heterocycles. The molecule has 244 valence electrons. The van der Waals surface area contributed by atoms with Crippen LogP contribution in [0.5, 0.6) is 5.75 Å². The third-order valence-electron chi connectivity index (χ3n) is 11.4. The Hall–Kier alpha value is -2.02. The predicted octanol–water partition coefficient (Wildman–Crippen LogP) is 6.24. The molecule has 0 saturated carbocycles. The Balaban J connectivity index is 1.29. The highest BCUT2D eigenvalue weighted by Gasteiger charge is 2.49. The Labute approximate surface area is 265 Å². The molecule has 6 aliphatic heterocycles. The van der Waals surface area contributed by atoms with Gasteiger partial charge < -0.3 is 18.4 Å². The van der Waals surface area contributed by atoms with Gasteiger partial charge in [-0.3, -0.25) is 4.55 Å². The summed E-state index contributed by atoms with van der Waals surface area (Å²) < 4.78 is 88.7. The van der Waals surface area contributed by atoms with E-state index in [1.165, 1.54) is 12.1 Å². The summed E-state index contributed by atoms with van der Waals surface area (Å²) in [5.74, 6) is -0.156. The molecule has 0 aliphatic carbocycles. The Bertz CT molecular complexity index is 1700. The molecule has 45 heavy (non-hydrogen) atoms. The predicted molar refractivity (Wildman–Crippen MR) is 165 cm³/mol. The smallest absolute Gasteiger partial charge is 0.339 e. The first kappa shape index (κ1) is 30.3. The van der Waals surface area contributed by atoms with Gasteiger partial charge in [-0.2, -0.15) is 16.8 Å². The number of ether oxygens (including phenoxy) is 3. The summed E-state index contributed by atoms with van der Waals surface area (Å²) in [4.78, 5) is -0.0150.